The van der Waals surface area contributed by atoms with Crippen molar-refractivity contribution in [3.63, 3.8) is 0 Å². The van der Waals surface area contributed by atoms with Crippen molar-refractivity contribution in [3.05, 3.63) is 8.26 Å². The van der Waals surface area contributed by atoms with Crippen LogP contribution >= 0.6 is 43.2 Å². The first-order valence-electron chi connectivity index (χ1n) is 4.67. The molecule has 0 fully saturated rings. The van der Waals surface area contributed by atoms with Gasteiger partial charge in [-0.25, -0.2) is 0 Å². The van der Waals surface area contributed by atoms with E-state index in [1.165, 1.54) is 0 Å². The molecule has 0 saturated carbocycles. The van der Waals surface area contributed by atoms with Crippen LogP contribution in [0.4, 0.5) is 5.69 Å². The molecule has 17 heavy (non-hydrogen) atoms. The maximum atomic E-state index is 11.9. The number of hydrogen-bond acceptors (Lipinski definition) is 5. The van der Waals surface area contributed by atoms with Gasteiger partial charge in [-0.05, 0) is 45.7 Å². The van der Waals surface area contributed by atoms with Crippen molar-refractivity contribution >= 4 is 64.9 Å². The molecule has 9 heteroatoms. The SMILES string of the molecule is CC(C)NC1=NS(=O)(=O)c2sc(Br)c(Br)c2N1. The molecule has 2 heterocycles. The van der Waals surface area contributed by atoms with Gasteiger partial charge in [0.15, 0.2) is 4.21 Å². The lowest BCUT2D eigenvalue weighted by atomic mass is 10.4. The zero-order valence-corrected chi connectivity index (χ0v) is 13.7. The Morgan fingerprint density at radius 1 is 1.41 bits per heavy atom. The summed E-state index contributed by atoms with van der Waals surface area (Å²) >= 11 is 7.76. The quantitative estimate of drug-likeness (QED) is 0.757. The van der Waals surface area contributed by atoms with Gasteiger partial charge in [0.1, 0.15) is 0 Å². The fraction of sp³-hybridized carbons (Fsp3) is 0.375. The summed E-state index contributed by atoms with van der Waals surface area (Å²) in [7, 11) is -3.62. The van der Waals surface area contributed by atoms with Crippen molar-refractivity contribution in [3.8, 4) is 0 Å². The molecule has 0 aliphatic carbocycles. The maximum Gasteiger partial charge on any atom is 0.297 e. The van der Waals surface area contributed by atoms with Gasteiger partial charge in [0.05, 0.1) is 13.9 Å². The molecule has 0 bridgehead atoms. The normalized spacial score (nSPS) is 17.4. The molecule has 0 radical (unpaired) electrons. The average Bonchev–Trinajstić information content (AvgIpc) is 2.44. The fourth-order valence-electron chi connectivity index (χ4n) is 1.29. The van der Waals surface area contributed by atoms with Crippen molar-refractivity contribution in [2.75, 3.05) is 5.32 Å². The summed E-state index contributed by atoms with van der Waals surface area (Å²) in [4.78, 5) is 0. The Morgan fingerprint density at radius 3 is 2.65 bits per heavy atom. The summed E-state index contributed by atoms with van der Waals surface area (Å²) < 4.78 is 29.2. The van der Waals surface area contributed by atoms with Gasteiger partial charge in [-0.2, -0.15) is 8.42 Å². The third kappa shape index (κ3) is 2.51. The van der Waals surface area contributed by atoms with Gasteiger partial charge < -0.3 is 10.6 Å². The zero-order valence-electron chi connectivity index (χ0n) is 8.91. The number of anilines is 1. The van der Waals surface area contributed by atoms with E-state index in [9.17, 15) is 8.42 Å². The van der Waals surface area contributed by atoms with E-state index >= 15 is 0 Å². The van der Waals surface area contributed by atoms with Crippen LogP contribution in [0.1, 0.15) is 13.8 Å². The number of nitrogens with zero attached hydrogens (tertiary/aromatic N) is 1. The highest BCUT2D eigenvalue weighted by Gasteiger charge is 2.30. The number of fused-ring (bicyclic) bond motifs is 1. The first-order valence-corrected chi connectivity index (χ1v) is 8.52. The van der Waals surface area contributed by atoms with E-state index in [0.717, 1.165) is 15.1 Å². The molecular formula is C8H9Br2N3O2S2. The summed E-state index contributed by atoms with van der Waals surface area (Å²) in [5.74, 6) is 0.249. The number of guanidine groups is 1. The molecule has 1 aromatic heterocycles. The predicted octanol–water partition coefficient (Wildman–Crippen LogP) is 2.74. The van der Waals surface area contributed by atoms with Gasteiger partial charge in [0, 0.05) is 6.04 Å². The molecule has 0 unspecified atom stereocenters. The summed E-state index contributed by atoms with van der Waals surface area (Å²) in [6.07, 6.45) is 0. The second-order valence-electron chi connectivity index (χ2n) is 3.69. The van der Waals surface area contributed by atoms with Crippen LogP contribution < -0.4 is 10.6 Å². The van der Waals surface area contributed by atoms with Gasteiger partial charge in [0.25, 0.3) is 10.0 Å². The first kappa shape index (κ1) is 13.3. The van der Waals surface area contributed by atoms with E-state index in [1.807, 2.05) is 13.8 Å². The van der Waals surface area contributed by atoms with Crippen LogP contribution in [0.3, 0.4) is 0 Å². The summed E-state index contributed by atoms with van der Waals surface area (Å²) in [5.41, 5.74) is 0.528. The Hall–Kier alpha value is -0.120. The van der Waals surface area contributed by atoms with Crippen LogP contribution in [-0.2, 0) is 10.0 Å². The third-order valence-corrected chi connectivity index (χ3v) is 7.11. The van der Waals surface area contributed by atoms with E-state index in [2.05, 4.69) is 46.9 Å². The van der Waals surface area contributed by atoms with Gasteiger partial charge in [-0.3, -0.25) is 0 Å². The molecule has 94 valence electrons. The molecule has 1 aromatic rings. The molecule has 0 atom stereocenters. The smallest absolute Gasteiger partial charge is 0.297 e. The molecule has 1 aliphatic rings. The number of rotatable bonds is 1. The molecule has 0 saturated heterocycles. The zero-order chi connectivity index (χ0) is 12.8. The van der Waals surface area contributed by atoms with Crippen LogP contribution in [0.15, 0.2) is 16.9 Å². The molecule has 0 amide bonds. The minimum absolute atomic E-state index is 0.0962. The Balaban J connectivity index is 2.50. The van der Waals surface area contributed by atoms with Gasteiger partial charge in [-0.1, -0.05) is 0 Å². The molecule has 5 nitrogen and oxygen atoms in total. The fourth-order valence-corrected chi connectivity index (χ4v) is 5.32. The van der Waals surface area contributed by atoms with Gasteiger partial charge in [0.2, 0.25) is 5.96 Å². The largest absolute Gasteiger partial charge is 0.353 e. The van der Waals surface area contributed by atoms with Crippen LogP contribution in [-0.4, -0.2) is 20.4 Å². The summed E-state index contributed by atoms with van der Waals surface area (Å²) in [6, 6.07) is 0.0962. The first-order chi connectivity index (χ1) is 7.81. The van der Waals surface area contributed by atoms with E-state index < -0.39 is 10.0 Å². The average molecular weight is 403 g/mol. The van der Waals surface area contributed by atoms with Crippen LogP contribution in [0.5, 0.6) is 0 Å². The van der Waals surface area contributed by atoms with E-state index in [4.69, 9.17) is 0 Å². The van der Waals surface area contributed by atoms with Crippen LogP contribution in [0.2, 0.25) is 0 Å². The molecule has 1 aliphatic heterocycles. The summed E-state index contributed by atoms with van der Waals surface area (Å²) in [5, 5.41) is 5.91. The van der Waals surface area contributed by atoms with Crippen molar-refractivity contribution in [1.29, 1.82) is 0 Å². The van der Waals surface area contributed by atoms with Crippen molar-refractivity contribution in [2.24, 2.45) is 4.40 Å². The molecular weight excluding hydrogens is 394 g/mol. The maximum absolute atomic E-state index is 11.9. The number of sulfonamides is 1. The van der Waals surface area contributed by atoms with Crippen LogP contribution in [0.25, 0.3) is 0 Å². The molecule has 2 N–H and O–H groups in total. The van der Waals surface area contributed by atoms with Gasteiger partial charge >= 0.3 is 0 Å². The highest BCUT2D eigenvalue weighted by atomic mass is 79.9. The standard InChI is InChI=1S/C8H9Br2N3O2S2/c1-3(2)11-8-12-5-4(9)6(10)16-7(5)17(14,15)13-8/h3H,1-2H3,(H2,11,12,13). The van der Waals surface area contributed by atoms with Crippen molar-refractivity contribution < 1.29 is 8.42 Å². The number of nitrogens with one attached hydrogen (secondary N) is 2. The predicted molar refractivity (Wildman–Crippen MR) is 76.2 cm³/mol. The van der Waals surface area contributed by atoms with Crippen molar-refractivity contribution in [1.82, 2.24) is 5.32 Å². The Labute approximate surface area is 120 Å². The minimum Gasteiger partial charge on any atom is -0.353 e. The van der Waals surface area contributed by atoms with Crippen LogP contribution in [0, 0.1) is 0 Å². The third-order valence-electron chi connectivity index (χ3n) is 1.89. The molecule has 2 rings (SSSR count). The number of thiophene rings is 1. The number of hydrogen-bond donors (Lipinski definition) is 2. The second kappa shape index (κ2) is 4.52. The summed E-state index contributed by atoms with van der Waals surface area (Å²) in [6.45, 7) is 3.82. The Kier molecular flexibility index (Phi) is 3.54. The number of halogens is 2. The lowest BCUT2D eigenvalue weighted by Gasteiger charge is -2.18. The lowest BCUT2D eigenvalue weighted by molar-refractivity contribution is 0.599. The Bertz CT molecular complexity index is 592. The Morgan fingerprint density at radius 2 is 2.06 bits per heavy atom. The van der Waals surface area contributed by atoms with Crippen molar-refractivity contribution in [2.45, 2.75) is 24.1 Å². The van der Waals surface area contributed by atoms with E-state index in [-0.39, 0.29) is 16.2 Å². The monoisotopic (exact) mass is 401 g/mol. The highest BCUT2D eigenvalue weighted by Crippen LogP contribution is 2.45. The van der Waals surface area contributed by atoms with E-state index in [1.54, 1.807) is 0 Å². The topological polar surface area (TPSA) is 70.6 Å². The lowest BCUT2D eigenvalue weighted by Crippen LogP contribution is -2.38. The minimum atomic E-state index is -3.62. The molecule has 0 spiro atoms. The highest BCUT2D eigenvalue weighted by molar-refractivity contribution is 9.13. The molecule has 0 aromatic carbocycles. The van der Waals surface area contributed by atoms with Gasteiger partial charge in [-0.15, -0.1) is 15.7 Å². The van der Waals surface area contributed by atoms with E-state index in [0.29, 0.717) is 10.2 Å². The second-order valence-corrected chi connectivity index (χ2v) is 8.62.